The van der Waals surface area contributed by atoms with Crippen molar-refractivity contribution < 1.29 is 9.72 Å². The number of carbonyl (C=O) groups excluding carboxylic acids is 1. The molecule has 3 heterocycles. The second-order valence-electron chi connectivity index (χ2n) is 8.49. The van der Waals surface area contributed by atoms with Gasteiger partial charge in [-0.1, -0.05) is 17.7 Å². The molecule has 1 saturated heterocycles. The number of rotatable bonds is 6. The first-order chi connectivity index (χ1) is 15.8. The van der Waals surface area contributed by atoms with Crippen LogP contribution in [0.2, 0.25) is 0 Å². The Morgan fingerprint density at radius 2 is 1.91 bits per heavy atom. The summed E-state index contributed by atoms with van der Waals surface area (Å²) in [7, 11) is 3.80. The van der Waals surface area contributed by atoms with E-state index in [-0.39, 0.29) is 5.91 Å². The van der Waals surface area contributed by atoms with E-state index < -0.39 is 16.2 Å². The summed E-state index contributed by atoms with van der Waals surface area (Å²) in [6.45, 7) is 4.58. The number of aromatic nitrogens is 1. The SMILES string of the molecule is Cc1ccc2c(c1)c(N1CCN(C(=O)c3cccs3)CC1)c([N+](=O)[O-])c(=O)n2CCN(C)C. The number of nitro groups is 1. The minimum Gasteiger partial charge on any atom is -0.362 e. The van der Waals surface area contributed by atoms with E-state index in [9.17, 15) is 19.7 Å². The van der Waals surface area contributed by atoms with E-state index in [2.05, 4.69) is 0 Å². The molecule has 2 aromatic heterocycles. The normalized spacial score (nSPS) is 14.3. The van der Waals surface area contributed by atoms with Crippen molar-refractivity contribution in [1.29, 1.82) is 0 Å². The smallest absolute Gasteiger partial charge is 0.357 e. The summed E-state index contributed by atoms with van der Waals surface area (Å²) in [5, 5.41) is 14.7. The average Bonchev–Trinajstić information content (AvgIpc) is 3.32. The summed E-state index contributed by atoms with van der Waals surface area (Å²) < 4.78 is 1.51. The fraction of sp³-hybridized carbons (Fsp3) is 0.391. The number of aryl methyl sites for hydroxylation is 1. The average molecular weight is 470 g/mol. The Morgan fingerprint density at radius 3 is 2.52 bits per heavy atom. The standard InChI is InChI=1S/C23H27N5O4S/c1-16-6-7-18-17(15-16)20(21(28(31)32)23(30)27(18)13-8-24(2)3)25-9-11-26(12-10-25)22(29)19-5-4-14-33-19/h4-7,14-15H,8-13H2,1-3H3. The number of likely N-dealkylation sites (N-methyl/N-ethyl adjacent to an activating group) is 1. The van der Waals surface area contributed by atoms with Crippen LogP contribution in [0.25, 0.3) is 10.9 Å². The number of thiophene rings is 1. The Bertz CT molecular complexity index is 1240. The number of fused-ring (bicyclic) bond motifs is 1. The lowest BCUT2D eigenvalue weighted by Crippen LogP contribution is -2.49. The molecule has 1 aliphatic rings. The quantitative estimate of drug-likeness (QED) is 0.407. The molecular weight excluding hydrogens is 442 g/mol. The first-order valence-corrected chi connectivity index (χ1v) is 11.7. The largest absolute Gasteiger partial charge is 0.362 e. The van der Waals surface area contributed by atoms with Gasteiger partial charge in [0.15, 0.2) is 0 Å². The minimum absolute atomic E-state index is 0.0287. The van der Waals surface area contributed by atoms with Crippen LogP contribution in [0.3, 0.4) is 0 Å². The number of hydrogen-bond donors (Lipinski definition) is 0. The molecule has 0 spiro atoms. The monoisotopic (exact) mass is 469 g/mol. The molecule has 1 amide bonds. The van der Waals surface area contributed by atoms with Gasteiger partial charge >= 0.3 is 11.2 Å². The maximum atomic E-state index is 13.3. The summed E-state index contributed by atoms with van der Waals surface area (Å²) >= 11 is 1.40. The van der Waals surface area contributed by atoms with Crippen LogP contribution < -0.4 is 10.5 Å². The van der Waals surface area contributed by atoms with Crippen molar-refractivity contribution in [3.05, 3.63) is 66.6 Å². The van der Waals surface area contributed by atoms with Crippen molar-refractivity contribution in [3.8, 4) is 0 Å². The van der Waals surface area contributed by atoms with Gasteiger partial charge in [0.05, 0.1) is 15.3 Å². The Morgan fingerprint density at radius 1 is 1.18 bits per heavy atom. The van der Waals surface area contributed by atoms with Crippen LogP contribution in [-0.4, -0.2) is 72.0 Å². The second kappa shape index (κ2) is 9.32. The summed E-state index contributed by atoms with van der Waals surface area (Å²) in [4.78, 5) is 43.9. The number of nitrogens with zero attached hydrogens (tertiary/aromatic N) is 5. The molecule has 1 aromatic carbocycles. The summed E-state index contributed by atoms with van der Waals surface area (Å²) in [6, 6.07) is 9.34. The zero-order valence-corrected chi connectivity index (χ0v) is 19.8. The molecule has 174 valence electrons. The minimum atomic E-state index is -0.592. The highest BCUT2D eigenvalue weighted by Crippen LogP contribution is 2.35. The Balaban J connectivity index is 1.76. The predicted octanol–water partition coefficient (Wildman–Crippen LogP) is 2.80. The number of pyridine rings is 1. The van der Waals surface area contributed by atoms with Gasteiger partial charge in [0.1, 0.15) is 5.69 Å². The van der Waals surface area contributed by atoms with Crippen molar-refractivity contribution in [2.45, 2.75) is 13.5 Å². The first kappa shape index (κ1) is 22.9. The number of carbonyl (C=O) groups is 1. The van der Waals surface area contributed by atoms with Crippen LogP contribution in [0.5, 0.6) is 0 Å². The highest BCUT2D eigenvalue weighted by atomic mass is 32.1. The van der Waals surface area contributed by atoms with Crippen molar-refractivity contribution >= 4 is 39.5 Å². The van der Waals surface area contributed by atoms with E-state index >= 15 is 0 Å². The summed E-state index contributed by atoms with van der Waals surface area (Å²) in [5.74, 6) is -0.0287. The predicted molar refractivity (Wildman–Crippen MR) is 131 cm³/mol. The summed E-state index contributed by atoms with van der Waals surface area (Å²) in [6.07, 6.45) is 0. The van der Waals surface area contributed by atoms with Crippen LogP contribution in [0.4, 0.5) is 11.4 Å². The number of piperazine rings is 1. The third-order valence-electron chi connectivity index (χ3n) is 5.94. The molecule has 0 unspecified atom stereocenters. The molecule has 0 aliphatic carbocycles. The Kier molecular flexibility index (Phi) is 6.48. The molecule has 0 radical (unpaired) electrons. The Hall–Kier alpha value is -3.24. The molecule has 1 fully saturated rings. The van der Waals surface area contributed by atoms with E-state index in [1.54, 1.807) is 11.0 Å². The van der Waals surface area contributed by atoms with Crippen LogP contribution in [0.15, 0.2) is 40.5 Å². The van der Waals surface area contributed by atoms with Gasteiger partial charge in [-0.3, -0.25) is 19.7 Å². The molecule has 0 bridgehead atoms. The van der Waals surface area contributed by atoms with Crippen LogP contribution in [0, 0.1) is 17.0 Å². The molecule has 3 aromatic rings. The van der Waals surface area contributed by atoms with Gasteiger partial charge in [0, 0.05) is 44.7 Å². The van der Waals surface area contributed by atoms with Gasteiger partial charge in [-0.15, -0.1) is 11.3 Å². The van der Waals surface area contributed by atoms with Crippen molar-refractivity contribution in [2.75, 3.05) is 51.7 Å². The van der Waals surface area contributed by atoms with Gasteiger partial charge in [0.2, 0.25) is 0 Å². The number of amides is 1. The van der Waals surface area contributed by atoms with Gasteiger partial charge in [-0.25, -0.2) is 0 Å². The molecule has 4 rings (SSSR count). The topological polar surface area (TPSA) is 91.9 Å². The lowest BCUT2D eigenvalue weighted by atomic mass is 10.1. The highest BCUT2D eigenvalue weighted by Gasteiger charge is 2.32. The van der Waals surface area contributed by atoms with Crippen LogP contribution in [0.1, 0.15) is 15.2 Å². The number of hydrogen-bond acceptors (Lipinski definition) is 7. The molecule has 1 aliphatic heterocycles. The zero-order valence-electron chi connectivity index (χ0n) is 19.0. The van der Waals surface area contributed by atoms with Crippen LogP contribution in [-0.2, 0) is 6.54 Å². The lowest BCUT2D eigenvalue weighted by molar-refractivity contribution is -0.385. The van der Waals surface area contributed by atoms with Gasteiger partial charge in [-0.2, -0.15) is 0 Å². The van der Waals surface area contributed by atoms with E-state index in [1.807, 2.05) is 60.5 Å². The van der Waals surface area contributed by atoms with Crippen molar-refractivity contribution in [3.63, 3.8) is 0 Å². The number of anilines is 1. The molecule has 0 atom stereocenters. The molecule has 10 heteroatoms. The van der Waals surface area contributed by atoms with Crippen molar-refractivity contribution in [1.82, 2.24) is 14.4 Å². The van der Waals surface area contributed by atoms with Gasteiger partial charge in [-0.05, 0) is 44.6 Å². The highest BCUT2D eigenvalue weighted by molar-refractivity contribution is 7.12. The zero-order chi connectivity index (χ0) is 23.7. The third-order valence-corrected chi connectivity index (χ3v) is 6.80. The molecule has 9 nitrogen and oxygen atoms in total. The fourth-order valence-electron chi connectivity index (χ4n) is 4.24. The Labute approximate surface area is 195 Å². The molecule has 0 N–H and O–H groups in total. The molecule has 0 saturated carbocycles. The fourth-order valence-corrected chi connectivity index (χ4v) is 4.93. The van der Waals surface area contributed by atoms with E-state index in [0.717, 1.165) is 5.56 Å². The van der Waals surface area contributed by atoms with Crippen LogP contribution >= 0.6 is 11.3 Å². The number of benzene rings is 1. The van der Waals surface area contributed by atoms with Gasteiger partial charge in [0.25, 0.3) is 5.91 Å². The first-order valence-electron chi connectivity index (χ1n) is 10.8. The van der Waals surface area contributed by atoms with Gasteiger partial charge < -0.3 is 19.3 Å². The summed E-state index contributed by atoms with van der Waals surface area (Å²) in [5.41, 5.74) is 1.01. The third kappa shape index (κ3) is 4.49. The van der Waals surface area contributed by atoms with E-state index in [0.29, 0.717) is 60.7 Å². The molecular formula is C23H27N5O4S. The van der Waals surface area contributed by atoms with E-state index in [1.165, 1.54) is 15.9 Å². The lowest BCUT2D eigenvalue weighted by Gasteiger charge is -2.36. The molecule has 33 heavy (non-hydrogen) atoms. The second-order valence-corrected chi connectivity index (χ2v) is 9.44. The van der Waals surface area contributed by atoms with Crippen molar-refractivity contribution in [2.24, 2.45) is 0 Å². The maximum Gasteiger partial charge on any atom is 0.357 e. The maximum absolute atomic E-state index is 13.3. The van der Waals surface area contributed by atoms with E-state index in [4.69, 9.17) is 0 Å².